The van der Waals surface area contributed by atoms with Crippen LogP contribution in [0.2, 0.25) is 5.02 Å². The number of anilines is 1. The lowest BCUT2D eigenvalue weighted by molar-refractivity contribution is 0.196. The van der Waals surface area contributed by atoms with E-state index in [1.54, 1.807) is 7.11 Å². The van der Waals surface area contributed by atoms with Crippen LogP contribution in [0.3, 0.4) is 0 Å². The van der Waals surface area contributed by atoms with Crippen LogP contribution in [0.5, 0.6) is 0 Å². The quantitative estimate of drug-likeness (QED) is 0.606. The molecule has 1 aromatic carbocycles. The second kappa shape index (κ2) is 6.20. The second-order valence-electron chi connectivity index (χ2n) is 3.43. The van der Waals surface area contributed by atoms with Gasteiger partial charge in [-0.25, -0.2) is 13.1 Å². The SMILES string of the molecule is COCCCNS(=O)(=O)c1ccc(N)cc1Cl. The Hall–Kier alpha value is -0.820. The molecule has 0 heterocycles. The van der Waals surface area contributed by atoms with Gasteiger partial charge in [0.15, 0.2) is 0 Å². The van der Waals surface area contributed by atoms with Crippen LogP contribution >= 0.6 is 11.6 Å². The molecule has 3 N–H and O–H groups in total. The number of methoxy groups -OCH3 is 1. The lowest BCUT2D eigenvalue weighted by atomic mass is 10.3. The maximum Gasteiger partial charge on any atom is 0.242 e. The van der Waals surface area contributed by atoms with Crippen LogP contribution < -0.4 is 10.5 Å². The molecule has 0 fully saturated rings. The molecule has 0 unspecified atom stereocenters. The minimum Gasteiger partial charge on any atom is -0.399 e. The van der Waals surface area contributed by atoms with Gasteiger partial charge in [-0.05, 0) is 24.6 Å². The molecular formula is C10H15ClN2O3S. The number of hydrogen-bond acceptors (Lipinski definition) is 4. The van der Waals surface area contributed by atoms with Crippen molar-refractivity contribution < 1.29 is 13.2 Å². The molecule has 96 valence electrons. The molecule has 0 saturated carbocycles. The summed E-state index contributed by atoms with van der Waals surface area (Å²) >= 11 is 5.83. The van der Waals surface area contributed by atoms with Gasteiger partial charge < -0.3 is 10.5 Å². The number of nitrogens with one attached hydrogen (secondary N) is 1. The van der Waals surface area contributed by atoms with Crippen molar-refractivity contribution in [2.24, 2.45) is 0 Å². The van der Waals surface area contributed by atoms with E-state index in [4.69, 9.17) is 22.1 Å². The normalized spacial score (nSPS) is 11.6. The summed E-state index contributed by atoms with van der Waals surface area (Å²) in [4.78, 5) is 0.0331. The van der Waals surface area contributed by atoms with E-state index >= 15 is 0 Å². The van der Waals surface area contributed by atoms with E-state index < -0.39 is 10.0 Å². The molecule has 0 amide bonds. The Labute approximate surface area is 106 Å². The fourth-order valence-corrected chi connectivity index (χ4v) is 2.86. The van der Waals surface area contributed by atoms with Crippen molar-refractivity contribution in [2.75, 3.05) is 26.0 Å². The fraction of sp³-hybridized carbons (Fsp3) is 0.400. The zero-order chi connectivity index (χ0) is 12.9. The Morgan fingerprint density at radius 3 is 2.76 bits per heavy atom. The number of halogens is 1. The Kier molecular flexibility index (Phi) is 5.20. The first-order valence-corrected chi connectivity index (χ1v) is 6.87. The third kappa shape index (κ3) is 4.16. The molecule has 1 rings (SSSR count). The maximum atomic E-state index is 11.9. The highest BCUT2D eigenvalue weighted by atomic mass is 35.5. The molecular weight excluding hydrogens is 264 g/mol. The fourth-order valence-electron chi connectivity index (χ4n) is 1.24. The smallest absolute Gasteiger partial charge is 0.242 e. The lowest BCUT2D eigenvalue weighted by Gasteiger charge is -2.08. The molecule has 0 aliphatic rings. The first-order valence-electron chi connectivity index (χ1n) is 5.01. The maximum absolute atomic E-state index is 11.9. The molecule has 17 heavy (non-hydrogen) atoms. The number of benzene rings is 1. The van der Waals surface area contributed by atoms with E-state index in [0.29, 0.717) is 25.3 Å². The second-order valence-corrected chi connectivity index (χ2v) is 5.58. The van der Waals surface area contributed by atoms with Gasteiger partial charge in [0.2, 0.25) is 10.0 Å². The van der Waals surface area contributed by atoms with Crippen molar-refractivity contribution in [3.05, 3.63) is 23.2 Å². The zero-order valence-corrected chi connectivity index (χ0v) is 11.0. The summed E-state index contributed by atoms with van der Waals surface area (Å²) in [5.41, 5.74) is 5.92. The molecule has 1 aromatic rings. The van der Waals surface area contributed by atoms with Gasteiger partial charge in [0.1, 0.15) is 4.90 Å². The first-order chi connectivity index (χ1) is 7.97. The highest BCUT2D eigenvalue weighted by molar-refractivity contribution is 7.89. The van der Waals surface area contributed by atoms with Crippen LogP contribution in [0.1, 0.15) is 6.42 Å². The van der Waals surface area contributed by atoms with Crippen molar-refractivity contribution in [2.45, 2.75) is 11.3 Å². The average molecular weight is 279 g/mol. The van der Waals surface area contributed by atoms with Gasteiger partial charge in [0.25, 0.3) is 0 Å². The van der Waals surface area contributed by atoms with Gasteiger partial charge >= 0.3 is 0 Å². The van der Waals surface area contributed by atoms with Crippen molar-refractivity contribution in [1.82, 2.24) is 4.72 Å². The third-order valence-electron chi connectivity index (χ3n) is 2.06. The van der Waals surface area contributed by atoms with E-state index in [9.17, 15) is 8.42 Å². The lowest BCUT2D eigenvalue weighted by Crippen LogP contribution is -2.25. The van der Waals surface area contributed by atoms with Crippen LogP contribution in [-0.4, -0.2) is 28.7 Å². The molecule has 0 bridgehead atoms. The molecule has 0 atom stereocenters. The van der Waals surface area contributed by atoms with Crippen LogP contribution in [0.25, 0.3) is 0 Å². The molecule has 0 spiro atoms. The first kappa shape index (κ1) is 14.2. The Morgan fingerprint density at radius 2 is 2.18 bits per heavy atom. The molecule has 0 aromatic heterocycles. The van der Waals surface area contributed by atoms with Crippen molar-refractivity contribution >= 4 is 27.3 Å². The molecule has 0 radical (unpaired) electrons. The average Bonchev–Trinajstić information content (AvgIpc) is 2.24. The summed E-state index contributed by atoms with van der Waals surface area (Å²) in [5.74, 6) is 0. The monoisotopic (exact) mass is 278 g/mol. The van der Waals surface area contributed by atoms with Gasteiger partial charge in [0, 0.05) is 25.9 Å². The van der Waals surface area contributed by atoms with Gasteiger partial charge in [-0.3, -0.25) is 0 Å². The highest BCUT2D eigenvalue weighted by Gasteiger charge is 2.16. The predicted molar refractivity (Wildman–Crippen MR) is 67.5 cm³/mol. The number of sulfonamides is 1. The summed E-state index contributed by atoms with van der Waals surface area (Å²) in [6.07, 6.45) is 0.600. The number of rotatable bonds is 6. The number of nitrogen functional groups attached to an aromatic ring is 1. The van der Waals surface area contributed by atoms with Gasteiger partial charge in [-0.1, -0.05) is 11.6 Å². The van der Waals surface area contributed by atoms with E-state index in [0.717, 1.165) is 0 Å². The molecule has 0 aliphatic carbocycles. The number of nitrogens with two attached hydrogens (primary N) is 1. The van der Waals surface area contributed by atoms with E-state index in [1.165, 1.54) is 18.2 Å². The van der Waals surface area contributed by atoms with Crippen LogP contribution in [0.4, 0.5) is 5.69 Å². The predicted octanol–water partition coefficient (Wildman–Crippen LogP) is 1.24. The van der Waals surface area contributed by atoms with Crippen LogP contribution in [0.15, 0.2) is 23.1 Å². The number of ether oxygens (including phenoxy) is 1. The number of hydrogen-bond donors (Lipinski definition) is 2. The largest absolute Gasteiger partial charge is 0.399 e. The molecule has 7 heteroatoms. The summed E-state index contributed by atoms with van der Waals surface area (Å²) in [6.45, 7) is 0.800. The van der Waals surface area contributed by atoms with Crippen LogP contribution in [0, 0.1) is 0 Å². The van der Waals surface area contributed by atoms with Gasteiger partial charge in [-0.2, -0.15) is 0 Å². The third-order valence-corrected chi connectivity index (χ3v) is 4.01. The summed E-state index contributed by atoms with van der Waals surface area (Å²) in [7, 11) is -2.02. The summed E-state index contributed by atoms with van der Waals surface area (Å²) in [5, 5.41) is 0.115. The summed E-state index contributed by atoms with van der Waals surface area (Å²) < 4.78 is 31.0. The molecule has 0 aliphatic heterocycles. The Balaban J connectivity index is 2.76. The van der Waals surface area contributed by atoms with E-state index in [-0.39, 0.29) is 9.92 Å². The van der Waals surface area contributed by atoms with Gasteiger partial charge in [-0.15, -0.1) is 0 Å². The molecule has 0 saturated heterocycles. The van der Waals surface area contributed by atoms with Crippen molar-refractivity contribution in [3.8, 4) is 0 Å². The van der Waals surface area contributed by atoms with Crippen LogP contribution in [-0.2, 0) is 14.8 Å². The minimum absolute atomic E-state index is 0.0331. The van der Waals surface area contributed by atoms with E-state index in [2.05, 4.69) is 4.72 Å². The minimum atomic E-state index is -3.58. The van der Waals surface area contributed by atoms with Gasteiger partial charge in [0.05, 0.1) is 5.02 Å². The van der Waals surface area contributed by atoms with Crippen molar-refractivity contribution in [3.63, 3.8) is 0 Å². The molecule has 5 nitrogen and oxygen atoms in total. The van der Waals surface area contributed by atoms with E-state index in [1.807, 2.05) is 0 Å². The summed E-state index contributed by atoms with van der Waals surface area (Å²) in [6, 6.07) is 4.29. The standard InChI is InChI=1S/C10H15ClN2O3S/c1-16-6-2-5-13-17(14,15)10-4-3-8(12)7-9(10)11/h3-4,7,13H,2,5-6,12H2,1H3. The van der Waals surface area contributed by atoms with Crippen molar-refractivity contribution in [1.29, 1.82) is 0 Å². The zero-order valence-electron chi connectivity index (χ0n) is 9.44. The topological polar surface area (TPSA) is 81.4 Å². The Bertz CT molecular complexity index is 476. The highest BCUT2D eigenvalue weighted by Crippen LogP contribution is 2.23. The Morgan fingerprint density at radius 1 is 1.47 bits per heavy atom.